The van der Waals surface area contributed by atoms with Gasteiger partial charge in [-0.1, -0.05) is 13.5 Å². The number of ether oxygens (including phenoxy) is 1. The lowest BCUT2D eigenvalue weighted by Crippen LogP contribution is -2.31. The summed E-state index contributed by atoms with van der Waals surface area (Å²) in [5, 5.41) is 20.3. The van der Waals surface area contributed by atoms with Crippen molar-refractivity contribution in [3.8, 4) is 0 Å². The zero-order chi connectivity index (χ0) is 17.4. The van der Waals surface area contributed by atoms with E-state index in [2.05, 4.69) is 22.3 Å². The van der Waals surface area contributed by atoms with Gasteiger partial charge >= 0.3 is 5.69 Å². The van der Waals surface area contributed by atoms with Gasteiger partial charge in [-0.15, -0.1) is 5.73 Å². The maximum Gasteiger partial charge on any atom is 0.337 e. The van der Waals surface area contributed by atoms with Gasteiger partial charge in [0.15, 0.2) is 11.9 Å². The van der Waals surface area contributed by atoms with E-state index in [0.717, 1.165) is 0 Å². The van der Waals surface area contributed by atoms with Crippen LogP contribution in [0.3, 0.4) is 0 Å². The van der Waals surface area contributed by atoms with E-state index in [-0.39, 0.29) is 18.0 Å². The lowest BCUT2D eigenvalue weighted by molar-refractivity contribution is -0.0758. The molecule has 1 aliphatic rings. The molecular formula is C15H19N5O4. The Morgan fingerprint density at radius 3 is 3.08 bits per heavy atom. The number of aromatic nitrogens is 4. The molecule has 0 spiro atoms. The number of fused-ring (bicyclic) bond motifs is 1. The first kappa shape index (κ1) is 16.4. The molecule has 1 fully saturated rings. The molecule has 1 saturated heterocycles. The van der Waals surface area contributed by atoms with Gasteiger partial charge in [-0.2, -0.15) is 4.98 Å². The van der Waals surface area contributed by atoms with Crippen molar-refractivity contribution in [3.63, 3.8) is 0 Å². The van der Waals surface area contributed by atoms with Gasteiger partial charge in [0.25, 0.3) is 0 Å². The van der Waals surface area contributed by atoms with Gasteiger partial charge in [0.1, 0.15) is 11.6 Å². The van der Waals surface area contributed by atoms with E-state index < -0.39 is 30.2 Å². The summed E-state index contributed by atoms with van der Waals surface area (Å²) in [4.78, 5) is 20.7. The fourth-order valence-electron chi connectivity index (χ4n) is 2.91. The highest BCUT2D eigenvalue weighted by atomic mass is 16.5. The highest BCUT2D eigenvalue weighted by Crippen LogP contribution is 2.32. The second-order valence-corrected chi connectivity index (χ2v) is 5.64. The van der Waals surface area contributed by atoms with Crippen LogP contribution in [0, 0.1) is 0 Å². The lowest BCUT2D eigenvalue weighted by atomic mass is 10.1. The molecule has 0 saturated carbocycles. The maximum absolute atomic E-state index is 12.7. The van der Waals surface area contributed by atoms with Crippen molar-refractivity contribution in [2.45, 2.75) is 44.3 Å². The Morgan fingerprint density at radius 2 is 2.42 bits per heavy atom. The minimum Gasteiger partial charge on any atom is -0.390 e. The van der Waals surface area contributed by atoms with Crippen LogP contribution in [0.25, 0.3) is 17.4 Å². The summed E-state index contributed by atoms with van der Waals surface area (Å²) in [6.07, 6.45) is 0.239. The fourth-order valence-corrected chi connectivity index (χ4v) is 2.91. The van der Waals surface area contributed by atoms with Crippen LogP contribution in [0.4, 0.5) is 5.95 Å². The molecule has 0 unspecified atom stereocenters. The SMILES string of the molecule is C=C=Cn1c(=O)n([C@@H]2O[C@H]([C@@H](O)CC)C[C@H]2O)c2nc(N)ncc21. The third-order valence-electron chi connectivity index (χ3n) is 4.11. The van der Waals surface area contributed by atoms with E-state index in [9.17, 15) is 15.0 Å². The number of hydrogen-bond acceptors (Lipinski definition) is 7. The summed E-state index contributed by atoms with van der Waals surface area (Å²) in [6, 6.07) is 0. The first-order chi connectivity index (χ1) is 11.5. The summed E-state index contributed by atoms with van der Waals surface area (Å²) >= 11 is 0. The Morgan fingerprint density at radius 1 is 1.67 bits per heavy atom. The predicted molar refractivity (Wildman–Crippen MR) is 86.9 cm³/mol. The first-order valence-corrected chi connectivity index (χ1v) is 7.60. The van der Waals surface area contributed by atoms with Gasteiger partial charge in [0, 0.05) is 6.42 Å². The number of hydrogen-bond donors (Lipinski definition) is 3. The van der Waals surface area contributed by atoms with E-state index in [0.29, 0.717) is 11.9 Å². The van der Waals surface area contributed by atoms with E-state index in [4.69, 9.17) is 10.5 Å². The average Bonchev–Trinajstić information content (AvgIpc) is 3.05. The molecule has 2 aromatic heterocycles. The molecule has 2 aromatic rings. The quantitative estimate of drug-likeness (QED) is 0.664. The number of rotatable bonds is 4. The minimum atomic E-state index is -0.972. The normalized spacial score (nSPS) is 24.9. The number of imidazole rings is 1. The van der Waals surface area contributed by atoms with Crippen molar-refractivity contribution in [2.24, 2.45) is 0 Å². The molecule has 128 valence electrons. The molecule has 0 aromatic carbocycles. The third-order valence-corrected chi connectivity index (χ3v) is 4.11. The zero-order valence-corrected chi connectivity index (χ0v) is 13.2. The lowest BCUT2D eigenvalue weighted by Gasteiger charge is -2.18. The molecular weight excluding hydrogens is 314 g/mol. The molecule has 4 N–H and O–H groups in total. The Bertz CT molecular complexity index is 867. The van der Waals surface area contributed by atoms with Crippen LogP contribution >= 0.6 is 0 Å². The Kier molecular flexibility index (Phi) is 4.25. The largest absolute Gasteiger partial charge is 0.390 e. The number of nitrogens with two attached hydrogens (primary N) is 1. The Balaban J connectivity index is 2.16. The highest BCUT2D eigenvalue weighted by molar-refractivity contribution is 5.74. The first-order valence-electron chi connectivity index (χ1n) is 7.60. The summed E-state index contributed by atoms with van der Waals surface area (Å²) in [5.74, 6) is -0.00591. The zero-order valence-electron chi connectivity index (χ0n) is 13.2. The highest BCUT2D eigenvalue weighted by Gasteiger charge is 2.40. The van der Waals surface area contributed by atoms with Gasteiger partial charge < -0.3 is 20.7 Å². The van der Waals surface area contributed by atoms with E-state index in [1.54, 1.807) is 0 Å². The van der Waals surface area contributed by atoms with Crippen LogP contribution in [0.15, 0.2) is 23.3 Å². The van der Waals surface area contributed by atoms with Crippen LogP contribution in [-0.2, 0) is 4.74 Å². The van der Waals surface area contributed by atoms with Crippen LogP contribution in [0.1, 0.15) is 26.0 Å². The Hall–Kier alpha value is -2.45. The predicted octanol–water partition coefficient (Wildman–Crippen LogP) is -0.150. The fraction of sp³-hybridized carbons (Fsp3) is 0.467. The smallest absolute Gasteiger partial charge is 0.337 e. The second-order valence-electron chi connectivity index (χ2n) is 5.64. The standard InChI is InChI=1S/C15H19N5O4/c1-3-5-19-8-7-17-14(16)18-12(8)20(15(19)23)13-10(22)6-11(24-13)9(21)4-2/h5,7,9-11,13,21-22H,1,4,6H2,2H3,(H2,16,17,18)/t9-,10+,11-,13+/m0/s1. The molecule has 9 nitrogen and oxygen atoms in total. The number of nitrogens with zero attached hydrogens (tertiary/aromatic N) is 4. The summed E-state index contributed by atoms with van der Waals surface area (Å²) < 4.78 is 8.20. The number of aliphatic hydroxyl groups is 2. The van der Waals surface area contributed by atoms with Crippen LogP contribution in [0.5, 0.6) is 0 Å². The topological polar surface area (TPSA) is 128 Å². The van der Waals surface area contributed by atoms with E-state index in [1.165, 1.54) is 21.5 Å². The number of aliphatic hydroxyl groups excluding tert-OH is 2. The van der Waals surface area contributed by atoms with Gasteiger partial charge in [-0.05, 0) is 6.42 Å². The van der Waals surface area contributed by atoms with E-state index in [1.807, 2.05) is 6.92 Å². The molecule has 3 rings (SSSR count). The van der Waals surface area contributed by atoms with Gasteiger partial charge in [-0.3, -0.25) is 4.57 Å². The van der Waals surface area contributed by atoms with Crippen LogP contribution < -0.4 is 11.4 Å². The van der Waals surface area contributed by atoms with Crippen molar-refractivity contribution >= 4 is 23.3 Å². The molecule has 3 heterocycles. The molecule has 24 heavy (non-hydrogen) atoms. The monoisotopic (exact) mass is 333 g/mol. The second kappa shape index (κ2) is 6.21. The van der Waals surface area contributed by atoms with Crippen molar-refractivity contribution in [1.82, 2.24) is 19.1 Å². The van der Waals surface area contributed by atoms with Crippen molar-refractivity contribution in [1.29, 1.82) is 0 Å². The molecule has 0 radical (unpaired) electrons. The Labute approximate surface area is 137 Å². The molecule has 9 heteroatoms. The minimum absolute atomic E-state index is 0.00591. The number of nitrogen functional groups attached to an aromatic ring is 1. The third kappa shape index (κ3) is 2.53. The van der Waals surface area contributed by atoms with Gasteiger partial charge in [-0.25, -0.2) is 14.3 Å². The molecule has 4 atom stereocenters. The summed E-state index contributed by atoms with van der Waals surface area (Å²) in [6.45, 7) is 5.27. The van der Waals surface area contributed by atoms with Crippen molar-refractivity contribution < 1.29 is 14.9 Å². The average molecular weight is 333 g/mol. The van der Waals surface area contributed by atoms with Gasteiger partial charge in [0.2, 0.25) is 5.95 Å². The maximum atomic E-state index is 12.7. The van der Waals surface area contributed by atoms with E-state index >= 15 is 0 Å². The van der Waals surface area contributed by atoms with Crippen molar-refractivity contribution in [3.05, 3.63) is 29.0 Å². The van der Waals surface area contributed by atoms with Gasteiger partial charge in [0.05, 0.1) is 24.6 Å². The molecule has 0 bridgehead atoms. The molecule has 1 aliphatic heterocycles. The molecule has 0 amide bonds. The van der Waals surface area contributed by atoms with Crippen molar-refractivity contribution in [2.75, 3.05) is 5.73 Å². The van der Waals surface area contributed by atoms with Crippen LogP contribution in [0.2, 0.25) is 0 Å². The summed E-state index contributed by atoms with van der Waals surface area (Å²) in [7, 11) is 0. The number of anilines is 1. The molecule has 0 aliphatic carbocycles. The summed E-state index contributed by atoms with van der Waals surface area (Å²) in [5.41, 5.74) is 8.29. The van der Waals surface area contributed by atoms with Crippen LogP contribution in [-0.4, -0.2) is 47.6 Å².